The number of hydrogen-bond acceptors (Lipinski definition) is 5. The molecule has 6 heteroatoms. The average Bonchev–Trinajstić information content (AvgIpc) is 2.86. The third-order valence-electron chi connectivity index (χ3n) is 4.34. The molecule has 25 heavy (non-hydrogen) atoms. The molecule has 0 aromatic heterocycles. The van der Waals surface area contributed by atoms with Crippen LogP contribution < -0.4 is 19.9 Å². The van der Waals surface area contributed by atoms with E-state index in [-0.39, 0.29) is 6.10 Å². The van der Waals surface area contributed by atoms with E-state index in [1.165, 1.54) is 0 Å². The van der Waals surface area contributed by atoms with Crippen molar-refractivity contribution < 1.29 is 23.7 Å². The molecule has 2 aromatic carbocycles. The molecule has 0 saturated heterocycles. The topological polar surface area (TPSA) is 80.0 Å². The van der Waals surface area contributed by atoms with E-state index in [1.807, 2.05) is 36.4 Å². The number of amides is 1. The fourth-order valence-corrected chi connectivity index (χ4v) is 3.14. The van der Waals surface area contributed by atoms with Crippen molar-refractivity contribution in [1.29, 1.82) is 0 Å². The summed E-state index contributed by atoms with van der Waals surface area (Å²) in [7, 11) is 0. The Morgan fingerprint density at radius 1 is 0.920 bits per heavy atom. The molecule has 1 atom stereocenters. The fraction of sp³-hybridized carbons (Fsp3) is 0.316. The van der Waals surface area contributed by atoms with Crippen LogP contribution in [0.3, 0.4) is 0 Å². The van der Waals surface area contributed by atoms with Gasteiger partial charge in [-0.2, -0.15) is 0 Å². The molecule has 4 rings (SSSR count). The van der Waals surface area contributed by atoms with E-state index in [0.29, 0.717) is 32.0 Å². The molecular weight excluding hydrogens is 322 g/mol. The summed E-state index contributed by atoms with van der Waals surface area (Å²) >= 11 is 0. The van der Waals surface area contributed by atoms with Crippen LogP contribution in [0.15, 0.2) is 36.4 Å². The lowest BCUT2D eigenvalue weighted by atomic mass is 9.98. The molecule has 0 saturated carbocycles. The lowest BCUT2D eigenvalue weighted by Crippen LogP contribution is -2.22. The van der Waals surface area contributed by atoms with Crippen LogP contribution in [0.25, 0.3) is 11.1 Å². The van der Waals surface area contributed by atoms with Gasteiger partial charge in [-0.3, -0.25) is 0 Å². The van der Waals surface area contributed by atoms with Crippen molar-refractivity contribution in [2.75, 3.05) is 19.8 Å². The Hall–Kier alpha value is -2.89. The van der Waals surface area contributed by atoms with Gasteiger partial charge < -0.3 is 24.7 Å². The van der Waals surface area contributed by atoms with Crippen molar-refractivity contribution in [2.45, 2.75) is 18.9 Å². The second-order valence-electron chi connectivity index (χ2n) is 6.03. The number of fused-ring (bicyclic) bond motifs is 2. The van der Waals surface area contributed by atoms with Gasteiger partial charge in [-0.25, -0.2) is 4.79 Å². The SMILES string of the molecule is NC(=O)OC1CCOc2cc(-c3ccc4c(c3)OCCCO4)ccc21. The lowest BCUT2D eigenvalue weighted by Gasteiger charge is -2.25. The summed E-state index contributed by atoms with van der Waals surface area (Å²) in [5.74, 6) is 2.23. The Morgan fingerprint density at radius 2 is 1.60 bits per heavy atom. The predicted octanol–water partition coefficient (Wildman–Crippen LogP) is 3.43. The monoisotopic (exact) mass is 341 g/mol. The maximum Gasteiger partial charge on any atom is 0.405 e. The van der Waals surface area contributed by atoms with Crippen molar-refractivity contribution in [3.63, 3.8) is 0 Å². The van der Waals surface area contributed by atoms with Crippen LogP contribution in [0.4, 0.5) is 4.79 Å². The molecule has 2 heterocycles. The zero-order valence-corrected chi connectivity index (χ0v) is 13.7. The summed E-state index contributed by atoms with van der Waals surface area (Å²) in [6, 6.07) is 11.7. The van der Waals surface area contributed by atoms with Gasteiger partial charge in [0.1, 0.15) is 11.9 Å². The van der Waals surface area contributed by atoms with E-state index >= 15 is 0 Å². The third kappa shape index (κ3) is 3.20. The van der Waals surface area contributed by atoms with Gasteiger partial charge in [0.2, 0.25) is 0 Å². The van der Waals surface area contributed by atoms with Crippen LogP contribution >= 0.6 is 0 Å². The molecule has 0 spiro atoms. The molecule has 2 aliphatic rings. The highest BCUT2D eigenvalue weighted by Crippen LogP contribution is 2.39. The Balaban J connectivity index is 1.66. The molecule has 1 amide bonds. The summed E-state index contributed by atoms with van der Waals surface area (Å²) in [6.45, 7) is 1.80. The smallest absolute Gasteiger partial charge is 0.405 e. The average molecular weight is 341 g/mol. The van der Waals surface area contributed by atoms with Crippen LogP contribution in [0, 0.1) is 0 Å². The third-order valence-corrected chi connectivity index (χ3v) is 4.34. The second kappa shape index (κ2) is 6.55. The van der Waals surface area contributed by atoms with Gasteiger partial charge in [0, 0.05) is 18.4 Å². The number of rotatable bonds is 2. The van der Waals surface area contributed by atoms with Gasteiger partial charge in [0.25, 0.3) is 0 Å². The normalized spacial score (nSPS) is 18.5. The number of primary amides is 1. The van der Waals surface area contributed by atoms with Gasteiger partial charge in [-0.1, -0.05) is 18.2 Å². The maximum absolute atomic E-state index is 11.1. The van der Waals surface area contributed by atoms with Crippen molar-refractivity contribution in [1.82, 2.24) is 0 Å². The first-order valence-electron chi connectivity index (χ1n) is 8.33. The first-order valence-corrected chi connectivity index (χ1v) is 8.33. The van der Waals surface area contributed by atoms with Crippen molar-refractivity contribution in [3.05, 3.63) is 42.0 Å². The number of carbonyl (C=O) groups excluding carboxylic acids is 1. The lowest BCUT2D eigenvalue weighted by molar-refractivity contribution is 0.0766. The molecule has 130 valence electrons. The number of ether oxygens (including phenoxy) is 4. The summed E-state index contributed by atoms with van der Waals surface area (Å²) in [5.41, 5.74) is 7.99. The van der Waals surface area contributed by atoms with Crippen molar-refractivity contribution in [3.8, 4) is 28.4 Å². The quantitative estimate of drug-likeness (QED) is 0.905. The first kappa shape index (κ1) is 15.6. The van der Waals surface area contributed by atoms with Gasteiger partial charge in [-0.15, -0.1) is 0 Å². The van der Waals surface area contributed by atoms with Crippen molar-refractivity contribution >= 4 is 6.09 Å². The van der Waals surface area contributed by atoms with Crippen LogP contribution in [0.5, 0.6) is 17.2 Å². The minimum absolute atomic E-state index is 0.362. The molecule has 0 aliphatic carbocycles. The minimum atomic E-state index is -0.773. The fourth-order valence-electron chi connectivity index (χ4n) is 3.14. The van der Waals surface area contributed by atoms with Crippen LogP contribution in [-0.2, 0) is 4.74 Å². The molecule has 2 aromatic rings. The van der Waals surface area contributed by atoms with Crippen LogP contribution in [-0.4, -0.2) is 25.9 Å². The Kier molecular flexibility index (Phi) is 4.09. The summed E-state index contributed by atoms with van der Waals surface area (Å²) in [4.78, 5) is 11.1. The zero-order valence-electron chi connectivity index (χ0n) is 13.7. The first-order chi connectivity index (χ1) is 12.2. The summed E-state index contributed by atoms with van der Waals surface area (Å²) in [5, 5.41) is 0. The number of nitrogens with two attached hydrogens (primary N) is 1. The Bertz CT molecular complexity index is 804. The van der Waals surface area contributed by atoms with Gasteiger partial charge in [-0.05, 0) is 29.3 Å². The van der Waals surface area contributed by atoms with E-state index in [2.05, 4.69) is 0 Å². The summed E-state index contributed by atoms with van der Waals surface area (Å²) < 4.78 is 22.3. The Labute approximate surface area is 145 Å². The molecule has 1 unspecified atom stereocenters. The minimum Gasteiger partial charge on any atom is -0.493 e. The molecule has 0 fully saturated rings. The van der Waals surface area contributed by atoms with Crippen molar-refractivity contribution in [2.24, 2.45) is 5.73 Å². The highest BCUT2D eigenvalue weighted by molar-refractivity contribution is 5.70. The van der Waals surface area contributed by atoms with Gasteiger partial charge in [0.15, 0.2) is 11.5 Å². The number of carbonyl (C=O) groups is 1. The predicted molar refractivity (Wildman–Crippen MR) is 91.0 cm³/mol. The van der Waals surface area contributed by atoms with E-state index in [0.717, 1.165) is 34.6 Å². The van der Waals surface area contributed by atoms with Gasteiger partial charge in [0.05, 0.1) is 19.8 Å². The van der Waals surface area contributed by atoms with E-state index in [9.17, 15) is 4.79 Å². The van der Waals surface area contributed by atoms with E-state index in [4.69, 9.17) is 24.7 Å². The highest BCUT2D eigenvalue weighted by atomic mass is 16.6. The summed E-state index contributed by atoms with van der Waals surface area (Å²) in [6.07, 6.45) is 0.334. The number of benzene rings is 2. The molecular formula is C19H19NO5. The standard InChI is InChI=1S/C19H19NO5/c20-19(21)25-15-6-9-24-17-10-12(2-4-14(15)17)13-3-5-16-18(11-13)23-8-1-7-22-16/h2-5,10-11,15H,1,6-9H2,(H2,20,21). The molecule has 2 aliphatic heterocycles. The maximum atomic E-state index is 11.1. The molecule has 0 radical (unpaired) electrons. The van der Waals surface area contributed by atoms with Crippen LogP contribution in [0.2, 0.25) is 0 Å². The Morgan fingerprint density at radius 3 is 2.40 bits per heavy atom. The molecule has 0 bridgehead atoms. The zero-order chi connectivity index (χ0) is 17.2. The highest BCUT2D eigenvalue weighted by Gasteiger charge is 2.24. The number of hydrogen-bond donors (Lipinski definition) is 1. The largest absolute Gasteiger partial charge is 0.493 e. The molecule has 2 N–H and O–H groups in total. The van der Waals surface area contributed by atoms with Crippen LogP contribution in [0.1, 0.15) is 24.5 Å². The second-order valence-corrected chi connectivity index (χ2v) is 6.03. The van der Waals surface area contributed by atoms with Gasteiger partial charge >= 0.3 is 6.09 Å². The van der Waals surface area contributed by atoms with E-state index in [1.54, 1.807) is 0 Å². The molecule has 6 nitrogen and oxygen atoms in total. The van der Waals surface area contributed by atoms with E-state index < -0.39 is 6.09 Å².